The second-order valence-electron chi connectivity index (χ2n) is 4.93. The lowest BCUT2D eigenvalue weighted by molar-refractivity contribution is -0.119. The molecule has 1 atom stereocenters. The van der Waals surface area contributed by atoms with Crippen LogP contribution >= 0.6 is 23.4 Å². The number of hydrogen-bond donors (Lipinski definition) is 1. The van der Waals surface area contributed by atoms with Crippen LogP contribution in [-0.4, -0.2) is 11.7 Å². The van der Waals surface area contributed by atoms with Gasteiger partial charge in [0.05, 0.1) is 11.8 Å². The maximum Gasteiger partial charge on any atom is 0.230 e. The van der Waals surface area contributed by atoms with Gasteiger partial charge in [-0.25, -0.2) is 4.39 Å². The van der Waals surface area contributed by atoms with E-state index in [0.29, 0.717) is 22.1 Å². The van der Waals surface area contributed by atoms with Gasteiger partial charge >= 0.3 is 0 Å². The Morgan fingerprint density at radius 1 is 1.27 bits per heavy atom. The highest BCUT2D eigenvalue weighted by atomic mass is 35.5. The van der Waals surface area contributed by atoms with E-state index >= 15 is 0 Å². The SMILES string of the molecule is CC(NC(=O)CSCc1ccc(Cl)cc1F)c1ccccc1. The largest absolute Gasteiger partial charge is 0.349 e. The molecular formula is C17H17ClFNOS. The van der Waals surface area contributed by atoms with Gasteiger partial charge in [-0.15, -0.1) is 11.8 Å². The quantitative estimate of drug-likeness (QED) is 0.835. The van der Waals surface area contributed by atoms with Crippen LogP contribution in [0.5, 0.6) is 0 Å². The Morgan fingerprint density at radius 2 is 2.00 bits per heavy atom. The monoisotopic (exact) mass is 337 g/mol. The first kappa shape index (κ1) is 16.8. The minimum Gasteiger partial charge on any atom is -0.349 e. The number of amides is 1. The summed E-state index contributed by atoms with van der Waals surface area (Å²) in [5, 5.41) is 3.31. The zero-order valence-electron chi connectivity index (χ0n) is 12.2. The highest BCUT2D eigenvalue weighted by molar-refractivity contribution is 7.99. The van der Waals surface area contributed by atoms with E-state index in [1.165, 1.54) is 17.8 Å². The molecule has 0 spiro atoms. The number of thioether (sulfide) groups is 1. The predicted octanol–water partition coefficient (Wildman–Crippen LogP) is 4.59. The molecule has 0 radical (unpaired) electrons. The second kappa shape index (κ2) is 8.20. The average Bonchev–Trinajstić information content (AvgIpc) is 2.50. The Labute approximate surface area is 139 Å². The number of benzene rings is 2. The van der Waals surface area contributed by atoms with Crippen LogP contribution in [0.2, 0.25) is 5.02 Å². The Balaban J connectivity index is 1.78. The van der Waals surface area contributed by atoms with Crippen molar-refractivity contribution in [1.29, 1.82) is 0 Å². The molecule has 5 heteroatoms. The predicted molar refractivity (Wildman–Crippen MR) is 90.6 cm³/mol. The number of carbonyl (C=O) groups is 1. The molecule has 2 aromatic rings. The lowest BCUT2D eigenvalue weighted by Gasteiger charge is -2.14. The third kappa shape index (κ3) is 5.04. The van der Waals surface area contributed by atoms with E-state index in [4.69, 9.17) is 11.6 Å². The normalized spacial score (nSPS) is 12.0. The number of rotatable bonds is 6. The fourth-order valence-electron chi connectivity index (χ4n) is 2.00. The number of nitrogens with one attached hydrogen (secondary N) is 1. The molecule has 0 aliphatic heterocycles. The fraction of sp³-hybridized carbons (Fsp3) is 0.235. The summed E-state index contributed by atoms with van der Waals surface area (Å²) < 4.78 is 13.6. The van der Waals surface area contributed by atoms with E-state index in [1.54, 1.807) is 12.1 Å². The van der Waals surface area contributed by atoms with Crippen molar-refractivity contribution in [2.45, 2.75) is 18.7 Å². The minimum atomic E-state index is -0.335. The van der Waals surface area contributed by atoms with Crippen LogP contribution in [0.15, 0.2) is 48.5 Å². The molecule has 2 rings (SSSR count). The zero-order chi connectivity index (χ0) is 15.9. The van der Waals surface area contributed by atoms with Crippen molar-refractivity contribution < 1.29 is 9.18 Å². The van der Waals surface area contributed by atoms with Crippen molar-refractivity contribution in [3.63, 3.8) is 0 Å². The van der Waals surface area contributed by atoms with Crippen LogP contribution in [0, 0.1) is 5.82 Å². The van der Waals surface area contributed by atoms with Crippen molar-refractivity contribution in [3.05, 3.63) is 70.5 Å². The van der Waals surface area contributed by atoms with Gasteiger partial charge in [-0.1, -0.05) is 48.0 Å². The molecule has 22 heavy (non-hydrogen) atoms. The van der Waals surface area contributed by atoms with E-state index in [9.17, 15) is 9.18 Å². The summed E-state index contributed by atoms with van der Waals surface area (Å²) in [4.78, 5) is 11.9. The summed E-state index contributed by atoms with van der Waals surface area (Å²) in [5.74, 6) is 0.337. The Morgan fingerprint density at radius 3 is 2.68 bits per heavy atom. The molecule has 0 saturated carbocycles. The third-order valence-corrected chi connectivity index (χ3v) is 4.40. The van der Waals surface area contributed by atoms with Gasteiger partial charge in [-0.05, 0) is 30.2 Å². The summed E-state index contributed by atoms with van der Waals surface area (Å²) in [6.45, 7) is 1.94. The second-order valence-corrected chi connectivity index (χ2v) is 6.35. The Bertz CT molecular complexity index is 636. The van der Waals surface area contributed by atoms with Gasteiger partial charge in [0.15, 0.2) is 0 Å². The molecule has 116 valence electrons. The van der Waals surface area contributed by atoms with Crippen molar-refractivity contribution in [3.8, 4) is 0 Å². The summed E-state index contributed by atoms with van der Waals surface area (Å²) in [6, 6.07) is 14.3. The van der Waals surface area contributed by atoms with Gasteiger partial charge in [0.1, 0.15) is 5.82 Å². The van der Waals surface area contributed by atoms with Crippen LogP contribution in [-0.2, 0) is 10.5 Å². The minimum absolute atomic E-state index is 0.0402. The summed E-state index contributed by atoms with van der Waals surface area (Å²) >= 11 is 7.08. The third-order valence-electron chi connectivity index (χ3n) is 3.18. The van der Waals surface area contributed by atoms with E-state index in [-0.39, 0.29) is 17.8 Å². The Kier molecular flexibility index (Phi) is 6.28. The van der Waals surface area contributed by atoms with E-state index in [0.717, 1.165) is 5.56 Å². The topological polar surface area (TPSA) is 29.1 Å². The summed E-state index contributed by atoms with van der Waals surface area (Å²) in [6.07, 6.45) is 0. The number of hydrogen-bond acceptors (Lipinski definition) is 2. The van der Waals surface area contributed by atoms with Gasteiger partial charge in [-0.3, -0.25) is 4.79 Å². The highest BCUT2D eigenvalue weighted by Gasteiger charge is 2.10. The summed E-state index contributed by atoms with van der Waals surface area (Å²) in [7, 11) is 0. The summed E-state index contributed by atoms with van der Waals surface area (Å²) in [5.41, 5.74) is 1.61. The molecule has 1 unspecified atom stereocenters. The van der Waals surface area contributed by atoms with Gasteiger partial charge < -0.3 is 5.32 Å². The lowest BCUT2D eigenvalue weighted by Crippen LogP contribution is -2.28. The van der Waals surface area contributed by atoms with Crippen molar-refractivity contribution in [2.24, 2.45) is 0 Å². The van der Waals surface area contributed by atoms with Gasteiger partial charge in [0.2, 0.25) is 5.91 Å². The smallest absolute Gasteiger partial charge is 0.230 e. The van der Waals surface area contributed by atoms with E-state index in [1.807, 2.05) is 37.3 Å². The first-order valence-electron chi connectivity index (χ1n) is 6.92. The molecule has 0 fully saturated rings. The molecular weight excluding hydrogens is 321 g/mol. The van der Waals surface area contributed by atoms with Gasteiger partial charge in [0.25, 0.3) is 0 Å². The van der Waals surface area contributed by atoms with Crippen LogP contribution in [0.25, 0.3) is 0 Å². The molecule has 1 N–H and O–H groups in total. The maximum atomic E-state index is 13.6. The van der Waals surface area contributed by atoms with Crippen molar-refractivity contribution in [1.82, 2.24) is 5.32 Å². The van der Waals surface area contributed by atoms with Crippen LogP contribution in [0.1, 0.15) is 24.1 Å². The molecule has 2 nitrogen and oxygen atoms in total. The number of halogens is 2. The first-order chi connectivity index (χ1) is 10.6. The van der Waals surface area contributed by atoms with Crippen LogP contribution < -0.4 is 5.32 Å². The molecule has 0 aliphatic rings. The molecule has 2 aromatic carbocycles. The molecule has 0 heterocycles. The molecule has 1 amide bonds. The first-order valence-corrected chi connectivity index (χ1v) is 8.45. The fourth-order valence-corrected chi connectivity index (χ4v) is 2.98. The van der Waals surface area contributed by atoms with Crippen LogP contribution in [0.4, 0.5) is 4.39 Å². The van der Waals surface area contributed by atoms with E-state index < -0.39 is 0 Å². The van der Waals surface area contributed by atoms with Crippen molar-refractivity contribution >= 4 is 29.3 Å². The van der Waals surface area contributed by atoms with Crippen LogP contribution in [0.3, 0.4) is 0 Å². The molecule has 0 saturated heterocycles. The molecule has 0 aromatic heterocycles. The zero-order valence-corrected chi connectivity index (χ0v) is 13.8. The van der Waals surface area contributed by atoms with E-state index in [2.05, 4.69) is 5.32 Å². The lowest BCUT2D eigenvalue weighted by atomic mass is 10.1. The van der Waals surface area contributed by atoms with Crippen molar-refractivity contribution in [2.75, 3.05) is 5.75 Å². The standard InChI is InChI=1S/C17H17ClFNOS/c1-12(13-5-3-2-4-6-13)20-17(21)11-22-10-14-7-8-15(18)9-16(14)19/h2-9,12H,10-11H2,1H3,(H,20,21). The molecule has 0 aliphatic carbocycles. The Hall–Kier alpha value is -1.52. The average molecular weight is 338 g/mol. The number of carbonyl (C=O) groups excluding carboxylic acids is 1. The molecule has 0 bridgehead atoms. The van der Waals surface area contributed by atoms with Gasteiger partial charge in [-0.2, -0.15) is 0 Å². The maximum absolute atomic E-state index is 13.6. The highest BCUT2D eigenvalue weighted by Crippen LogP contribution is 2.19. The van der Waals surface area contributed by atoms with Gasteiger partial charge in [0, 0.05) is 10.8 Å².